The average Bonchev–Trinajstić information content (AvgIpc) is 2.71. The Morgan fingerprint density at radius 3 is 2.73 bits per heavy atom. The maximum absolute atomic E-state index is 12.0. The molecule has 1 fully saturated rings. The van der Waals surface area contributed by atoms with Crippen LogP contribution in [0, 0.1) is 0 Å². The fourth-order valence-electron chi connectivity index (χ4n) is 1.91. The van der Waals surface area contributed by atoms with Gasteiger partial charge in [-0.15, -0.1) is 11.8 Å². The summed E-state index contributed by atoms with van der Waals surface area (Å²) in [6, 6.07) is -0.522. The second kappa shape index (κ2) is 8.67. The largest absolute Gasteiger partial charge is 0.347 e. The van der Waals surface area contributed by atoms with Gasteiger partial charge in [0.15, 0.2) is 5.78 Å². The molecule has 2 atom stereocenters. The van der Waals surface area contributed by atoms with Crippen LogP contribution < -0.4 is 5.32 Å². The first kappa shape index (κ1) is 18.3. The van der Waals surface area contributed by atoms with E-state index in [0.717, 1.165) is 4.90 Å². The van der Waals surface area contributed by atoms with Crippen LogP contribution in [-0.2, 0) is 24.0 Å². The van der Waals surface area contributed by atoms with Gasteiger partial charge in [-0.25, -0.2) is 0 Å². The topological polar surface area (TPSA) is 101 Å². The minimum absolute atomic E-state index is 0.105. The van der Waals surface area contributed by atoms with Crippen LogP contribution in [0.3, 0.4) is 0 Å². The number of ketones is 1. The van der Waals surface area contributed by atoms with Gasteiger partial charge in [-0.2, -0.15) is 0 Å². The van der Waals surface area contributed by atoms with Crippen LogP contribution in [-0.4, -0.2) is 58.3 Å². The van der Waals surface area contributed by atoms with Gasteiger partial charge >= 0.3 is 0 Å². The van der Waals surface area contributed by atoms with E-state index in [1.807, 2.05) is 0 Å². The SMILES string of the molecule is CC(=O)[C@H](C)NC(=O)CCSC1CC(=O)N(CCC=O)C1=O. The number of carbonyl (C=O) groups excluding carboxylic acids is 5. The quantitative estimate of drug-likeness (QED) is 0.469. The molecule has 1 aliphatic heterocycles. The maximum atomic E-state index is 12.0. The summed E-state index contributed by atoms with van der Waals surface area (Å²) in [5.74, 6) is -0.566. The van der Waals surface area contributed by atoms with Crippen molar-refractivity contribution in [3.05, 3.63) is 0 Å². The molecule has 1 aliphatic rings. The van der Waals surface area contributed by atoms with Crippen molar-refractivity contribution in [3.8, 4) is 0 Å². The number of Topliss-reactive ketones (excluding diaryl/α,β-unsaturated/α-hetero) is 1. The summed E-state index contributed by atoms with van der Waals surface area (Å²) in [5.41, 5.74) is 0. The molecular formula is C14H20N2O5S. The zero-order valence-electron chi connectivity index (χ0n) is 12.7. The third-order valence-corrected chi connectivity index (χ3v) is 4.52. The lowest BCUT2D eigenvalue weighted by molar-refractivity contribution is -0.138. The fraction of sp³-hybridized carbons (Fsp3) is 0.643. The van der Waals surface area contributed by atoms with Crippen LogP contribution in [0.2, 0.25) is 0 Å². The van der Waals surface area contributed by atoms with Crippen molar-refractivity contribution in [2.75, 3.05) is 12.3 Å². The van der Waals surface area contributed by atoms with E-state index in [1.165, 1.54) is 18.7 Å². The zero-order chi connectivity index (χ0) is 16.7. The molecule has 1 heterocycles. The molecule has 1 saturated heterocycles. The molecule has 0 spiro atoms. The van der Waals surface area contributed by atoms with E-state index in [0.29, 0.717) is 12.0 Å². The molecule has 0 aromatic carbocycles. The predicted molar refractivity (Wildman–Crippen MR) is 81.2 cm³/mol. The number of carbonyl (C=O) groups is 5. The zero-order valence-corrected chi connectivity index (χ0v) is 13.5. The van der Waals surface area contributed by atoms with Gasteiger partial charge in [0.1, 0.15) is 6.29 Å². The molecule has 0 bridgehead atoms. The predicted octanol–water partition coefficient (Wildman–Crippen LogP) is -0.0801. The van der Waals surface area contributed by atoms with Gasteiger partial charge in [0.25, 0.3) is 0 Å². The summed E-state index contributed by atoms with van der Waals surface area (Å²) in [6.07, 6.45) is 1.09. The lowest BCUT2D eigenvalue weighted by Crippen LogP contribution is -2.37. The summed E-state index contributed by atoms with van der Waals surface area (Å²) in [4.78, 5) is 57.7. The molecule has 8 heteroatoms. The van der Waals surface area contributed by atoms with E-state index in [2.05, 4.69) is 5.32 Å². The summed E-state index contributed by atoms with van der Waals surface area (Å²) in [6.45, 7) is 3.13. The molecule has 22 heavy (non-hydrogen) atoms. The summed E-state index contributed by atoms with van der Waals surface area (Å²) >= 11 is 1.25. The number of aldehydes is 1. The summed E-state index contributed by atoms with van der Waals surface area (Å²) in [7, 11) is 0. The normalized spacial score (nSPS) is 19.2. The van der Waals surface area contributed by atoms with Crippen LogP contribution in [0.25, 0.3) is 0 Å². The Balaban J connectivity index is 2.35. The van der Waals surface area contributed by atoms with Crippen molar-refractivity contribution in [3.63, 3.8) is 0 Å². The van der Waals surface area contributed by atoms with E-state index < -0.39 is 11.3 Å². The van der Waals surface area contributed by atoms with E-state index in [1.54, 1.807) is 6.92 Å². The number of amides is 3. The molecule has 1 N–H and O–H groups in total. The van der Waals surface area contributed by atoms with Gasteiger partial charge in [-0.05, 0) is 13.8 Å². The van der Waals surface area contributed by atoms with Crippen LogP contribution in [0.5, 0.6) is 0 Å². The van der Waals surface area contributed by atoms with Crippen LogP contribution in [0.1, 0.15) is 33.1 Å². The van der Waals surface area contributed by atoms with Gasteiger partial charge in [0.05, 0.1) is 11.3 Å². The molecule has 0 saturated carbocycles. The van der Waals surface area contributed by atoms with Crippen molar-refractivity contribution < 1.29 is 24.0 Å². The number of nitrogens with one attached hydrogen (secondary N) is 1. The van der Waals surface area contributed by atoms with Gasteiger partial charge in [-0.3, -0.25) is 24.1 Å². The average molecular weight is 328 g/mol. The summed E-state index contributed by atoms with van der Waals surface area (Å²) in [5, 5.41) is 2.07. The Hall–Kier alpha value is -1.70. The molecule has 122 valence electrons. The Morgan fingerprint density at radius 1 is 1.45 bits per heavy atom. The van der Waals surface area contributed by atoms with Crippen LogP contribution in [0.4, 0.5) is 0 Å². The number of rotatable bonds is 9. The highest BCUT2D eigenvalue weighted by atomic mass is 32.2. The van der Waals surface area contributed by atoms with Gasteiger partial charge in [0.2, 0.25) is 17.7 Å². The lowest BCUT2D eigenvalue weighted by atomic mass is 10.2. The van der Waals surface area contributed by atoms with Gasteiger partial charge in [0, 0.05) is 31.6 Å². The first-order valence-electron chi connectivity index (χ1n) is 7.06. The molecule has 7 nitrogen and oxygen atoms in total. The van der Waals surface area contributed by atoms with Crippen molar-refractivity contribution >= 4 is 41.6 Å². The number of hydrogen-bond donors (Lipinski definition) is 1. The smallest absolute Gasteiger partial charge is 0.242 e. The molecular weight excluding hydrogens is 308 g/mol. The highest BCUT2D eigenvalue weighted by Crippen LogP contribution is 2.25. The number of likely N-dealkylation sites (tertiary alicyclic amines) is 1. The standard InChI is InChI=1S/C14H20N2O5S/c1-9(10(2)18)15-12(19)4-7-22-11-8-13(20)16(14(11)21)5-3-6-17/h6,9,11H,3-5,7-8H2,1-2H3,(H,15,19)/t9-,11?/m0/s1. The number of nitrogens with zero attached hydrogens (tertiary/aromatic N) is 1. The maximum Gasteiger partial charge on any atom is 0.242 e. The fourth-order valence-corrected chi connectivity index (χ4v) is 3.03. The Kier molecular flexibility index (Phi) is 7.23. The first-order chi connectivity index (χ1) is 10.4. The van der Waals surface area contributed by atoms with Crippen molar-refractivity contribution in [1.29, 1.82) is 0 Å². The van der Waals surface area contributed by atoms with Crippen LogP contribution >= 0.6 is 11.8 Å². The number of hydrogen-bond acceptors (Lipinski definition) is 6. The highest BCUT2D eigenvalue weighted by molar-refractivity contribution is 8.00. The molecule has 0 aromatic rings. The minimum atomic E-state index is -0.522. The van der Waals surface area contributed by atoms with E-state index in [9.17, 15) is 24.0 Å². The minimum Gasteiger partial charge on any atom is -0.347 e. The third-order valence-electron chi connectivity index (χ3n) is 3.31. The second-order valence-corrected chi connectivity index (χ2v) is 6.36. The highest BCUT2D eigenvalue weighted by Gasteiger charge is 2.38. The Bertz CT molecular complexity index is 480. The monoisotopic (exact) mass is 328 g/mol. The van der Waals surface area contributed by atoms with Crippen molar-refractivity contribution in [1.82, 2.24) is 10.2 Å². The number of imide groups is 1. The molecule has 0 aromatic heterocycles. The molecule has 1 unspecified atom stereocenters. The van der Waals surface area contributed by atoms with E-state index in [-0.39, 0.29) is 49.3 Å². The second-order valence-electron chi connectivity index (χ2n) is 5.05. The van der Waals surface area contributed by atoms with E-state index in [4.69, 9.17) is 0 Å². The Morgan fingerprint density at radius 2 is 2.14 bits per heavy atom. The van der Waals surface area contributed by atoms with E-state index >= 15 is 0 Å². The summed E-state index contributed by atoms with van der Waals surface area (Å²) < 4.78 is 0. The first-order valence-corrected chi connectivity index (χ1v) is 8.11. The lowest BCUT2D eigenvalue weighted by Gasteiger charge is -2.13. The van der Waals surface area contributed by atoms with Gasteiger partial charge in [-0.1, -0.05) is 0 Å². The van der Waals surface area contributed by atoms with Crippen molar-refractivity contribution in [2.24, 2.45) is 0 Å². The van der Waals surface area contributed by atoms with Gasteiger partial charge < -0.3 is 10.1 Å². The molecule has 1 rings (SSSR count). The Labute approximate surface area is 133 Å². The van der Waals surface area contributed by atoms with Crippen molar-refractivity contribution in [2.45, 2.75) is 44.4 Å². The number of thioether (sulfide) groups is 1. The molecule has 0 aliphatic carbocycles. The van der Waals surface area contributed by atoms with Crippen LogP contribution in [0.15, 0.2) is 0 Å². The molecule has 0 radical (unpaired) electrons. The third kappa shape index (κ3) is 5.25. The molecule has 3 amide bonds.